The highest BCUT2D eigenvalue weighted by molar-refractivity contribution is 14.1. The van der Waals surface area contributed by atoms with Gasteiger partial charge in [0.05, 0.1) is 6.61 Å². The molecule has 0 atom stereocenters. The Kier molecular flexibility index (Phi) is 6.82. The van der Waals surface area contributed by atoms with Gasteiger partial charge in [0.15, 0.2) is 0 Å². The molecule has 1 aromatic carbocycles. The number of ether oxygens (including phenoxy) is 1. The van der Waals surface area contributed by atoms with E-state index in [0.717, 1.165) is 6.54 Å². The van der Waals surface area contributed by atoms with Crippen LogP contribution in [0.4, 0.5) is 8.78 Å². The maximum absolute atomic E-state index is 11.7. The van der Waals surface area contributed by atoms with E-state index >= 15 is 0 Å². The van der Waals surface area contributed by atoms with Crippen molar-refractivity contribution >= 4 is 22.6 Å². The summed E-state index contributed by atoms with van der Waals surface area (Å²) in [5, 5.41) is 3.12. The van der Waals surface area contributed by atoms with E-state index in [4.69, 9.17) is 4.74 Å². The van der Waals surface area contributed by atoms with Crippen LogP contribution in [0, 0.1) is 3.57 Å². The van der Waals surface area contributed by atoms with Crippen LogP contribution in [-0.4, -0.2) is 26.2 Å². The predicted octanol–water partition coefficient (Wildman–Crippen LogP) is 2.66. The Balaban J connectivity index is 2.05. The monoisotopic (exact) mass is 341 g/mol. The lowest BCUT2D eigenvalue weighted by Gasteiger charge is -2.06. The molecule has 2 nitrogen and oxygen atoms in total. The van der Waals surface area contributed by atoms with Crippen LogP contribution in [0.25, 0.3) is 0 Å². The second-order valence-electron chi connectivity index (χ2n) is 3.27. The van der Waals surface area contributed by atoms with Crippen molar-refractivity contribution in [3.63, 3.8) is 0 Å². The number of halogens is 3. The van der Waals surface area contributed by atoms with Gasteiger partial charge in [-0.15, -0.1) is 0 Å². The number of rotatable bonds is 7. The van der Waals surface area contributed by atoms with Gasteiger partial charge in [0.1, 0.15) is 6.61 Å². The highest BCUT2D eigenvalue weighted by Gasteiger charge is 2.00. The van der Waals surface area contributed by atoms with Gasteiger partial charge in [0.25, 0.3) is 6.43 Å². The summed E-state index contributed by atoms with van der Waals surface area (Å²) in [7, 11) is 0. The van der Waals surface area contributed by atoms with Gasteiger partial charge in [-0.05, 0) is 40.3 Å². The van der Waals surface area contributed by atoms with E-state index in [1.165, 1.54) is 9.13 Å². The van der Waals surface area contributed by atoms with Crippen molar-refractivity contribution < 1.29 is 13.5 Å². The fourth-order valence-electron chi connectivity index (χ4n) is 1.15. The molecule has 90 valence electrons. The largest absolute Gasteiger partial charge is 0.374 e. The number of hydrogen-bond donors (Lipinski definition) is 1. The van der Waals surface area contributed by atoms with Crippen molar-refractivity contribution in [2.24, 2.45) is 0 Å². The lowest BCUT2D eigenvalue weighted by molar-refractivity contribution is 0.0187. The van der Waals surface area contributed by atoms with Crippen LogP contribution in [0.3, 0.4) is 0 Å². The van der Waals surface area contributed by atoms with E-state index in [2.05, 4.69) is 27.9 Å². The summed E-state index contributed by atoms with van der Waals surface area (Å²) in [6, 6.07) is 8.14. The third kappa shape index (κ3) is 6.34. The Morgan fingerprint density at radius 1 is 1.25 bits per heavy atom. The summed E-state index contributed by atoms with van der Waals surface area (Å²) in [5.74, 6) is 0. The predicted molar refractivity (Wildman–Crippen MR) is 67.7 cm³/mol. The molecule has 5 heteroatoms. The molecule has 0 aromatic heterocycles. The van der Waals surface area contributed by atoms with Crippen molar-refractivity contribution in [2.45, 2.75) is 13.0 Å². The minimum absolute atomic E-state index is 0.314. The van der Waals surface area contributed by atoms with Crippen LogP contribution in [0.2, 0.25) is 0 Å². The third-order valence-corrected chi connectivity index (χ3v) is 2.63. The van der Waals surface area contributed by atoms with Crippen LogP contribution in [-0.2, 0) is 11.3 Å². The Labute approximate surface area is 108 Å². The number of alkyl halides is 2. The molecule has 0 amide bonds. The zero-order valence-electron chi connectivity index (χ0n) is 8.76. The minimum Gasteiger partial charge on any atom is -0.374 e. The SMILES string of the molecule is FC(F)COCCNCc1ccc(I)cc1. The number of nitrogens with one attached hydrogen (secondary N) is 1. The fourth-order valence-corrected chi connectivity index (χ4v) is 1.51. The number of benzene rings is 1. The van der Waals surface area contributed by atoms with Crippen LogP contribution in [0.5, 0.6) is 0 Å². The maximum Gasteiger partial charge on any atom is 0.261 e. The quantitative estimate of drug-likeness (QED) is 0.608. The molecule has 0 saturated carbocycles. The first-order valence-corrected chi connectivity index (χ1v) is 6.07. The van der Waals surface area contributed by atoms with Gasteiger partial charge in [-0.25, -0.2) is 8.78 Å². The van der Waals surface area contributed by atoms with Gasteiger partial charge < -0.3 is 10.1 Å². The van der Waals surface area contributed by atoms with Crippen molar-refractivity contribution in [3.8, 4) is 0 Å². The highest BCUT2D eigenvalue weighted by Crippen LogP contribution is 2.06. The standard InChI is InChI=1S/C11H14F2INO/c12-11(13)8-16-6-5-15-7-9-1-3-10(14)4-2-9/h1-4,11,15H,5-8H2. The molecule has 0 heterocycles. The second kappa shape index (κ2) is 7.92. The molecule has 0 spiro atoms. The summed E-state index contributed by atoms with van der Waals surface area (Å²) in [6.07, 6.45) is -2.38. The summed E-state index contributed by atoms with van der Waals surface area (Å²) in [4.78, 5) is 0. The maximum atomic E-state index is 11.7. The van der Waals surface area contributed by atoms with Crippen molar-refractivity contribution in [3.05, 3.63) is 33.4 Å². The van der Waals surface area contributed by atoms with Crippen LogP contribution in [0.1, 0.15) is 5.56 Å². The average Bonchev–Trinajstić information content (AvgIpc) is 2.25. The molecule has 0 radical (unpaired) electrons. The molecule has 0 aliphatic rings. The first-order valence-electron chi connectivity index (χ1n) is 4.99. The molecule has 1 N–H and O–H groups in total. The van der Waals surface area contributed by atoms with Crippen molar-refractivity contribution in [2.75, 3.05) is 19.8 Å². The zero-order valence-corrected chi connectivity index (χ0v) is 10.9. The molecule has 1 rings (SSSR count). The normalized spacial score (nSPS) is 11.0. The third-order valence-electron chi connectivity index (χ3n) is 1.91. The van der Waals surface area contributed by atoms with Gasteiger partial charge in [0.2, 0.25) is 0 Å². The van der Waals surface area contributed by atoms with E-state index in [-0.39, 0.29) is 0 Å². The molecule has 0 fully saturated rings. The van der Waals surface area contributed by atoms with E-state index in [1.807, 2.05) is 24.3 Å². The lowest BCUT2D eigenvalue weighted by atomic mass is 10.2. The first-order chi connectivity index (χ1) is 7.68. The highest BCUT2D eigenvalue weighted by atomic mass is 127. The molecule has 0 aliphatic heterocycles. The molecule has 0 saturated heterocycles. The molecular formula is C11H14F2INO. The fraction of sp³-hybridized carbons (Fsp3) is 0.455. The van der Waals surface area contributed by atoms with Gasteiger partial charge in [-0.3, -0.25) is 0 Å². The second-order valence-corrected chi connectivity index (χ2v) is 4.51. The van der Waals surface area contributed by atoms with E-state index < -0.39 is 13.0 Å². The Morgan fingerprint density at radius 3 is 2.56 bits per heavy atom. The molecular weight excluding hydrogens is 327 g/mol. The molecule has 0 aliphatic carbocycles. The smallest absolute Gasteiger partial charge is 0.261 e. The van der Waals surface area contributed by atoms with Gasteiger partial charge >= 0.3 is 0 Å². The van der Waals surface area contributed by atoms with E-state index in [9.17, 15) is 8.78 Å². The van der Waals surface area contributed by atoms with Crippen LogP contribution < -0.4 is 5.32 Å². The summed E-state index contributed by atoms with van der Waals surface area (Å²) >= 11 is 2.25. The van der Waals surface area contributed by atoms with Gasteiger partial charge in [-0.2, -0.15) is 0 Å². The van der Waals surface area contributed by atoms with Gasteiger partial charge in [0, 0.05) is 16.7 Å². The number of hydrogen-bond acceptors (Lipinski definition) is 2. The lowest BCUT2D eigenvalue weighted by Crippen LogP contribution is -2.20. The molecule has 0 bridgehead atoms. The Bertz CT molecular complexity index is 293. The molecule has 1 aromatic rings. The van der Waals surface area contributed by atoms with E-state index in [1.54, 1.807) is 0 Å². The summed E-state index contributed by atoms with van der Waals surface area (Å²) in [5.41, 5.74) is 1.18. The summed E-state index contributed by atoms with van der Waals surface area (Å²) < 4.78 is 29.3. The Hall–Kier alpha value is -0.270. The topological polar surface area (TPSA) is 21.3 Å². The molecule has 16 heavy (non-hydrogen) atoms. The minimum atomic E-state index is -2.38. The van der Waals surface area contributed by atoms with E-state index in [0.29, 0.717) is 13.2 Å². The van der Waals surface area contributed by atoms with Gasteiger partial charge in [-0.1, -0.05) is 12.1 Å². The van der Waals surface area contributed by atoms with Crippen LogP contribution >= 0.6 is 22.6 Å². The van der Waals surface area contributed by atoms with Crippen molar-refractivity contribution in [1.82, 2.24) is 5.32 Å². The molecule has 0 unspecified atom stereocenters. The van der Waals surface area contributed by atoms with Crippen molar-refractivity contribution in [1.29, 1.82) is 0 Å². The summed E-state index contributed by atoms with van der Waals surface area (Å²) in [6.45, 7) is 1.15. The zero-order chi connectivity index (χ0) is 11.8. The van der Waals surface area contributed by atoms with Crippen LogP contribution in [0.15, 0.2) is 24.3 Å². The average molecular weight is 341 g/mol. The Morgan fingerprint density at radius 2 is 1.94 bits per heavy atom. The first kappa shape index (κ1) is 13.8.